The summed E-state index contributed by atoms with van der Waals surface area (Å²) < 4.78 is 24.1. The van der Waals surface area contributed by atoms with E-state index < -0.39 is 10.0 Å². The second-order valence-corrected chi connectivity index (χ2v) is 6.86. The number of nitrogens with two attached hydrogens (primary N) is 1. The number of imidazole rings is 1. The lowest BCUT2D eigenvalue weighted by Crippen LogP contribution is -2.14. The van der Waals surface area contributed by atoms with Crippen molar-refractivity contribution < 1.29 is 8.42 Å². The van der Waals surface area contributed by atoms with E-state index in [1.165, 1.54) is 0 Å². The van der Waals surface area contributed by atoms with Crippen LogP contribution < -0.4 is 10.5 Å². The van der Waals surface area contributed by atoms with Gasteiger partial charge in [-0.2, -0.15) is 0 Å². The van der Waals surface area contributed by atoms with E-state index in [4.69, 9.17) is 5.14 Å². The van der Waals surface area contributed by atoms with Crippen LogP contribution in [0.2, 0.25) is 0 Å². The molecule has 0 bridgehead atoms. The Balaban J connectivity index is 1.99. The largest absolute Gasteiger partial charge is 0.379 e. The Bertz CT molecular complexity index is 690. The van der Waals surface area contributed by atoms with Gasteiger partial charge in [0.2, 0.25) is 10.0 Å². The molecule has 2 rings (SSSR count). The highest BCUT2D eigenvalue weighted by molar-refractivity contribution is 7.88. The van der Waals surface area contributed by atoms with Gasteiger partial charge in [-0.15, -0.1) is 0 Å². The predicted octanol–water partition coefficient (Wildman–Crippen LogP) is 1.86. The average molecular weight is 308 g/mol. The van der Waals surface area contributed by atoms with E-state index in [0.717, 1.165) is 11.4 Å². The molecule has 0 unspecified atom stereocenters. The van der Waals surface area contributed by atoms with E-state index in [9.17, 15) is 8.42 Å². The first kappa shape index (κ1) is 15.5. The van der Waals surface area contributed by atoms with E-state index in [-0.39, 0.29) is 5.75 Å². The number of benzene rings is 1. The molecule has 1 aromatic heterocycles. The number of aromatic nitrogens is 2. The molecular weight excluding hydrogens is 288 g/mol. The molecule has 21 heavy (non-hydrogen) atoms. The van der Waals surface area contributed by atoms with Crippen LogP contribution in [0, 0.1) is 0 Å². The summed E-state index contributed by atoms with van der Waals surface area (Å²) in [6.07, 6.45) is 3.65. The molecule has 0 fully saturated rings. The molecular formula is C14H20N4O2S. The van der Waals surface area contributed by atoms with Crippen molar-refractivity contribution in [3.8, 4) is 0 Å². The molecule has 0 amide bonds. The maximum atomic E-state index is 11.0. The highest BCUT2D eigenvalue weighted by atomic mass is 32.2. The fourth-order valence-electron chi connectivity index (χ4n) is 2.08. The summed E-state index contributed by atoms with van der Waals surface area (Å²) in [6.45, 7) is 4.87. The van der Waals surface area contributed by atoms with Gasteiger partial charge in [0.15, 0.2) is 0 Å². The third-order valence-electron chi connectivity index (χ3n) is 3.10. The van der Waals surface area contributed by atoms with E-state index in [0.29, 0.717) is 18.2 Å². The molecule has 0 aliphatic rings. The Morgan fingerprint density at radius 3 is 2.52 bits per heavy atom. The molecule has 1 aromatic carbocycles. The molecule has 0 atom stereocenters. The minimum absolute atomic E-state index is 0.145. The first-order valence-corrected chi connectivity index (χ1v) is 8.40. The fourth-order valence-corrected chi connectivity index (χ4v) is 2.73. The number of anilines is 1. The minimum Gasteiger partial charge on any atom is -0.379 e. The van der Waals surface area contributed by atoms with Gasteiger partial charge in [-0.1, -0.05) is 12.1 Å². The van der Waals surface area contributed by atoms with Gasteiger partial charge in [0.1, 0.15) is 0 Å². The molecule has 6 nitrogen and oxygen atoms in total. The van der Waals surface area contributed by atoms with Gasteiger partial charge in [-0.25, -0.2) is 18.5 Å². The van der Waals surface area contributed by atoms with Crippen molar-refractivity contribution in [1.29, 1.82) is 0 Å². The van der Waals surface area contributed by atoms with E-state index >= 15 is 0 Å². The monoisotopic (exact) mass is 308 g/mol. The fraction of sp³-hybridized carbons (Fsp3) is 0.357. The van der Waals surface area contributed by atoms with Crippen molar-refractivity contribution in [2.75, 3.05) is 5.32 Å². The van der Waals surface area contributed by atoms with Crippen LogP contribution in [0.25, 0.3) is 0 Å². The topological polar surface area (TPSA) is 90.0 Å². The molecule has 1 heterocycles. The summed E-state index contributed by atoms with van der Waals surface area (Å²) in [5, 5.41) is 8.31. The van der Waals surface area contributed by atoms with Crippen molar-refractivity contribution >= 4 is 15.7 Å². The first-order valence-electron chi connectivity index (χ1n) is 6.69. The molecule has 0 spiro atoms. The van der Waals surface area contributed by atoms with Gasteiger partial charge in [-0.05, 0) is 31.5 Å². The summed E-state index contributed by atoms with van der Waals surface area (Å²) in [7, 11) is -3.48. The molecule has 0 saturated carbocycles. The number of sulfonamides is 1. The predicted molar refractivity (Wildman–Crippen MR) is 83.2 cm³/mol. The SMILES string of the molecule is CC(C)n1cncc1CNc1ccc(CS(N)(=O)=O)cc1. The zero-order valence-electron chi connectivity index (χ0n) is 12.2. The van der Waals surface area contributed by atoms with Gasteiger partial charge >= 0.3 is 0 Å². The number of rotatable bonds is 6. The summed E-state index contributed by atoms with van der Waals surface area (Å²) >= 11 is 0. The highest BCUT2D eigenvalue weighted by Crippen LogP contribution is 2.14. The maximum absolute atomic E-state index is 11.0. The van der Waals surface area contributed by atoms with Gasteiger partial charge in [-0.3, -0.25) is 0 Å². The van der Waals surface area contributed by atoms with Crippen LogP contribution in [0.3, 0.4) is 0 Å². The summed E-state index contributed by atoms with van der Waals surface area (Å²) in [4.78, 5) is 4.15. The molecule has 0 aliphatic carbocycles. The first-order chi connectivity index (χ1) is 9.85. The van der Waals surface area contributed by atoms with Gasteiger partial charge in [0, 0.05) is 17.9 Å². The Hall–Kier alpha value is -1.86. The Kier molecular flexibility index (Phi) is 4.64. The Morgan fingerprint density at radius 1 is 1.29 bits per heavy atom. The van der Waals surface area contributed by atoms with Crippen LogP contribution in [0.5, 0.6) is 0 Å². The van der Waals surface area contributed by atoms with Crippen molar-refractivity contribution in [3.05, 3.63) is 48.0 Å². The second kappa shape index (κ2) is 6.28. The van der Waals surface area contributed by atoms with Crippen molar-refractivity contribution in [3.63, 3.8) is 0 Å². The molecule has 2 aromatic rings. The van der Waals surface area contributed by atoms with Crippen LogP contribution in [0.15, 0.2) is 36.8 Å². The quantitative estimate of drug-likeness (QED) is 0.852. The lowest BCUT2D eigenvalue weighted by atomic mass is 10.2. The molecule has 0 radical (unpaired) electrons. The smallest absolute Gasteiger partial charge is 0.213 e. The van der Waals surface area contributed by atoms with Gasteiger partial charge in [0.05, 0.1) is 24.3 Å². The van der Waals surface area contributed by atoms with Gasteiger partial charge < -0.3 is 9.88 Å². The number of nitrogens with zero attached hydrogens (tertiary/aromatic N) is 2. The molecule has 114 valence electrons. The Labute approximate surface area is 125 Å². The molecule has 3 N–H and O–H groups in total. The van der Waals surface area contributed by atoms with Crippen LogP contribution in [-0.4, -0.2) is 18.0 Å². The van der Waals surface area contributed by atoms with E-state index in [1.54, 1.807) is 12.1 Å². The molecule has 7 heteroatoms. The van der Waals surface area contributed by atoms with E-state index in [1.807, 2.05) is 24.7 Å². The Morgan fingerprint density at radius 2 is 1.95 bits per heavy atom. The van der Waals surface area contributed by atoms with Gasteiger partial charge in [0.25, 0.3) is 0 Å². The standard InChI is InChI=1S/C14H20N4O2S/c1-11(2)18-10-16-7-14(18)8-17-13-5-3-12(4-6-13)9-21(15,19)20/h3-7,10-11,17H,8-9H2,1-2H3,(H2,15,19,20). The number of nitrogens with one attached hydrogen (secondary N) is 1. The lowest BCUT2D eigenvalue weighted by molar-refractivity contribution is 0.577. The van der Waals surface area contributed by atoms with E-state index in [2.05, 4.69) is 28.7 Å². The maximum Gasteiger partial charge on any atom is 0.213 e. The van der Waals surface area contributed by atoms with Crippen molar-refractivity contribution in [2.45, 2.75) is 32.2 Å². The lowest BCUT2D eigenvalue weighted by Gasteiger charge is -2.13. The number of hydrogen-bond acceptors (Lipinski definition) is 4. The zero-order chi connectivity index (χ0) is 15.5. The number of primary sulfonamides is 1. The van der Waals surface area contributed by atoms with Crippen LogP contribution >= 0.6 is 0 Å². The average Bonchev–Trinajstić information content (AvgIpc) is 2.84. The zero-order valence-corrected chi connectivity index (χ0v) is 13.0. The highest BCUT2D eigenvalue weighted by Gasteiger charge is 2.06. The minimum atomic E-state index is -3.48. The third kappa shape index (κ3) is 4.57. The van der Waals surface area contributed by atoms with Crippen LogP contribution in [-0.2, 0) is 22.3 Å². The van der Waals surface area contributed by atoms with Crippen molar-refractivity contribution in [2.24, 2.45) is 5.14 Å². The summed E-state index contributed by atoms with van der Waals surface area (Å²) in [5.74, 6) is -0.145. The molecule has 0 aliphatic heterocycles. The number of hydrogen-bond donors (Lipinski definition) is 2. The third-order valence-corrected chi connectivity index (χ3v) is 3.83. The second-order valence-electron chi connectivity index (χ2n) is 5.24. The normalized spacial score (nSPS) is 11.8. The summed E-state index contributed by atoms with van der Waals surface area (Å²) in [6, 6.07) is 7.56. The molecule has 0 saturated heterocycles. The van der Waals surface area contributed by atoms with Crippen molar-refractivity contribution in [1.82, 2.24) is 9.55 Å². The summed E-state index contributed by atoms with van der Waals surface area (Å²) in [5.41, 5.74) is 2.69. The van der Waals surface area contributed by atoms with Crippen LogP contribution in [0.4, 0.5) is 5.69 Å². The van der Waals surface area contributed by atoms with Crippen LogP contribution in [0.1, 0.15) is 31.1 Å².